The highest BCUT2D eigenvalue weighted by atomic mass is 32.2. The Bertz CT molecular complexity index is 276. The summed E-state index contributed by atoms with van der Waals surface area (Å²) in [7, 11) is -2.38. The lowest BCUT2D eigenvalue weighted by Gasteiger charge is -2.05. The van der Waals surface area contributed by atoms with Gasteiger partial charge in [0.05, 0.1) is 7.11 Å². The predicted molar refractivity (Wildman–Crippen MR) is 57.0 cm³/mol. The van der Waals surface area contributed by atoms with Crippen LogP contribution in [0.3, 0.4) is 0 Å². The van der Waals surface area contributed by atoms with Crippen LogP contribution < -0.4 is 10.0 Å². The summed E-state index contributed by atoms with van der Waals surface area (Å²) < 4.78 is 29.0. The largest absolute Gasteiger partial charge is 0.468 e. The van der Waals surface area contributed by atoms with Gasteiger partial charge in [-0.2, -0.15) is 0 Å². The number of hydrogen-bond acceptors (Lipinski definition) is 5. The number of esters is 1. The van der Waals surface area contributed by atoms with E-state index in [1.165, 1.54) is 0 Å². The first-order chi connectivity index (χ1) is 7.02. The molecule has 0 heterocycles. The van der Waals surface area contributed by atoms with Crippen LogP contribution >= 0.6 is 0 Å². The van der Waals surface area contributed by atoms with Crippen LogP contribution in [0.2, 0.25) is 0 Å². The summed E-state index contributed by atoms with van der Waals surface area (Å²) in [5.41, 5.74) is 0. The van der Waals surface area contributed by atoms with Crippen LogP contribution in [0.25, 0.3) is 0 Å². The molecule has 0 aromatic rings. The Morgan fingerprint density at radius 1 is 1.33 bits per heavy atom. The summed E-state index contributed by atoms with van der Waals surface area (Å²) in [6, 6.07) is 0. The summed E-state index contributed by atoms with van der Waals surface area (Å²) in [5, 5.41) is 3.06. The van der Waals surface area contributed by atoms with E-state index >= 15 is 0 Å². The third-order valence-corrected chi connectivity index (χ3v) is 2.90. The molecule has 7 heteroatoms. The number of ether oxygens (including phenoxy) is 1. The van der Waals surface area contributed by atoms with E-state index in [1.807, 2.05) is 6.92 Å². The van der Waals surface area contributed by atoms with Gasteiger partial charge in [-0.3, -0.25) is 4.79 Å². The highest BCUT2D eigenvalue weighted by Gasteiger charge is 2.15. The zero-order valence-corrected chi connectivity index (χ0v) is 9.89. The lowest BCUT2D eigenvalue weighted by atomic mass is 10.4. The van der Waals surface area contributed by atoms with Gasteiger partial charge in [0, 0.05) is 6.54 Å². The summed E-state index contributed by atoms with van der Waals surface area (Å²) in [5.74, 6) is -1.38. The minimum Gasteiger partial charge on any atom is -0.468 e. The zero-order chi connectivity index (χ0) is 11.7. The second kappa shape index (κ2) is 7.61. The van der Waals surface area contributed by atoms with Gasteiger partial charge in [0.25, 0.3) is 0 Å². The molecule has 0 amide bonds. The SMILES string of the molecule is CCNCCCNS(=O)(=O)CC(=O)OC. The monoisotopic (exact) mass is 238 g/mol. The standard InChI is InChI=1S/C8H18N2O4S/c1-3-9-5-4-6-10-15(12,13)7-8(11)14-2/h9-10H,3-7H2,1-2H3. The number of sulfonamides is 1. The zero-order valence-electron chi connectivity index (χ0n) is 9.08. The van der Waals surface area contributed by atoms with Crippen LogP contribution in [0, 0.1) is 0 Å². The Morgan fingerprint density at radius 3 is 2.53 bits per heavy atom. The van der Waals surface area contributed by atoms with Gasteiger partial charge < -0.3 is 10.1 Å². The van der Waals surface area contributed by atoms with Crippen molar-refractivity contribution < 1.29 is 17.9 Å². The Morgan fingerprint density at radius 2 is 2.00 bits per heavy atom. The molecular weight excluding hydrogens is 220 g/mol. The number of nitrogens with one attached hydrogen (secondary N) is 2. The molecule has 0 spiro atoms. The number of hydrogen-bond donors (Lipinski definition) is 2. The van der Waals surface area contributed by atoms with Crippen molar-refractivity contribution in [1.82, 2.24) is 10.0 Å². The fraction of sp³-hybridized carbons (Fsp3) is 0.875. The third kappa shape index (κ3) is 8.34. The maximum Gasteiger partial charge on any atom is 0.322 e. The topological polar surface area (TPSA) is 84.5 Å². The van der Waals surface area contributed by atoms with E-state index in [9.17, 15) is 13.2 Å². The van der Waals surface area contributed by atoms with Crippen molar-refractivity contribution in [1.29, 1.82) is 0 Å². The lowest BCUT2D eigenvalue weighted by molar-refractivity contribution is -0.137. The predicted octanol–water partition coefficient (Wildman–Crippen LogP) is -0.922. The number of carbonyl (C=O) groups is 1. The first-order valence-corrected chi connectivity index (χ1v) is 6.42. The van der Waals surface area contributed by atoms with Crippen LogP contribution in [0.1, 0.15) is 13.3 Å². The van der Waals surface area contributed by atoms with Crippen LogP contribution in [0.5, 0.6) is 0 Å². The molecule has 0 aliphatic carbocycles. The molecule has 0 aromatic heterocycles. The maximum atomic E-state index is 11.2. The molecule has 0 saturated heterocycles. The van der Waals surface area contributed by atoms with E-state index < -0.39 is 21.7 Å². The van der Waals surface area contributed by atoms with Gasteiger partial charge in [-0.25, -0.2) is 13.1 Å². The van der Waals surface area contributed by atoms with Crippen molar-refractivity contribution in [2.45, 2.75) is 13.3 Å². The van der Waals surface area contributed by atoms with Gasteiger partial charge in [-0.1, -0.05) is 6.92 Å². The number of carbonyl (C=O) groups excluding carboxylic acids is 1. The lowest BCUT2D eigenvalue weighted by Crippen LogP contribution is -2.32. The van der Waals surface area contributed by atoms with Crippen molar-refractivity contribution in [3.05, 3.63) is 0 Å². The maximum absolute atomic E-state index is 11.2. The van der Waals surface area contributed by atoms with Crippen LogP contribution in [-0.4, -0.2) is 46.9 Å². The summed E-state index contributed by atoms with van der Waals surface area (Å²) in [6.07, 6.45) is 0.689. The molecule has 0 fully saturated rings. The van der Waals surface area contributed by atoms with E-state index in [-0.39, 0.29) is 0 Å². The van der Waals surface area contributed by atoms with Crippen molar-refractivity contribution in [3.8, 4) is 0 Å². The van der Waals surface area contributed by atoms with Crippen LogP contribution in [-0.2, 0) is 19.6 Å². The summed E-state index contributed by atoms with van der Waals surface area (Å²) in [4.78, 5) is 10.7. The molecule has 0 atom stereocenters. The molecule has 0 unspecified atom stereocenters. The normalized spacial score (nSPS) is 11.3. The second-order valence-corrected chi connectivity index (χ2v) is 4.74. The van der Waals surface area contributed by atoms with Crippen molar-refractivity contribution in [2.24, 2.45) is 0 Å². The smallest absolute Gasteiger partial charge is 0.322 e. The molecule has 2 N–H and O–H groups in total. The molecule has 0 aromatic carbocycles. The van der Waals surface area contributed by atoms with Gasteiger partial charge in [0.2, 0.25) is 10.0 Å². The molecule has 0 rings (SSSR count). The third-order valence-electron chi connectivity index (χ3n) is 1.64. The molecule has 15 heavy (non-hydrogen) atoms. The fourth-order valence-corrected chi connectivity index (χ4v) is 1.87. The van der Waals surface area contributed by atoms with E-state index in [4.69, 9.17) is 0 Å². The van der Waals surface area contributed by atoms with Crippen LogP contribution in [0.15, 0.2) is 0 Å². The molecule has 0 bridgehead atoms. The second-order valence-electron chi connectivity index (χ2n) is 2.94. The highest BCUT2D eigenvalue weighted by Crippen LogP contribution is 1.87. The van der Waals surface area contributed by atoms with E-state index in [0.717, 1.165) is 20.2 Å². The van der Waals surface area contributed by atoms with E-state index in [0.29, 0.717) is 13.0 Å². The Hall–Kier alpha value is -0.660. The molecule has 0 aliphatic rings. The first kappa shape index (κ1) is 14.3. The van der Waals surface area contributed by atoms with Crippen molar-refractivity contribution in [3.63, 3.8) is 0 Å². The van der Waals surface area contributed by atoms with E-state index in [2.05, 4.69) is 14.8 Å². The van der Waals surface area contributed by atoms with Crippen molar-refractivity contribution in [2.75, 3.05) is 32.5 Å². The minimum atomic E-state index is -3.53. The van der Waals surface area contributed by atoms with Crippen LogP contribution in [0.4, 0.5) is 0 Å². The first-order valence-electron chi connectivity index (χ1n) is 4.76. The highest BCUT2D eigenvalue weighted by molar-refractivity contribution is 7.90. The summed E-state index contributed by atoms with van der Waals surface area (Å²) >= 11 is 0. The quantitative estimate of drug-likeness (QED) is 0.422. The van der Waals surface area contributed by atoms with Gasteiger partial charge in [-0.15, -0.1) is 0 Å². The molecule has 6 nitrogen and oxygen atoms in total. The van der Waals surface area contributed by atoms with Gasteiger partial charge in [0.1, 0.15) is 0 Å². The van der Waals surface area contributed by atoms with Gasteiger partial charge in [0.15, 0.2) is 5.75 Å². The van der Waals surface area contributed by atoms with Gasteiger partial charge >= 0.3 is 5.97 Å². The fourth-order valence-electron chi connectivity index (χ4n) is 0.883. The Balaban J connectivity index is 3.70. The molecular formula is C8H18N2O4S. The number of rotatable bonds is 8. The Labute approximate surface area is 90.4 Å². The number of methoxy groups -OCH3 is 1. The molecule has 0 aliphatic heterocycles. The molecule has 90 valence electrons. The molecule has 0 saturated carbocycles. The van der Waals surface area contributed by atoms with Gasteiger partial charge in [-0.05, 0) is 19.5 Å². The average molecular weight is 238 g/mol. The Kier molecular flexibility index (Phi) is 7.27. The van der Waals surface area contributed by atoms with E-state index in [1.54, 1.807) is 0 Å². The summed E-state index contributed by atoms with van der Waals surface area (Å²) in [6.45, 7) is 3.90. The minimum absolute atomic E-state index is 0.326. The average Bonchev–Trinajstić information content (AvgIpc) is 2.16. The molecule has 0 radical (unpaired) electrons. The van der Waals surface area contributed by atoms with Crippen molar-refractivity contribution >= 4 is 16.0 Å².